The van der Waals surface area contributed by atoms with Crippen molar-refractivity contribution in [1.82, 2.24) is 15.0 Å². The topological polar surface area (TPSA) is 87.7 Å². The van der Waals surface area contributed by atoms with Gasteiger partial charge in [0.25, 0.3) is 5.56 Å². The number of anilines is 1. The molecule has 1 amide bonds. The number of aromatic amines is 1. The lowest BCUT2D eigenvalue weighted by molar-refractivity contribution is -0.113. The van der Waals surface area contributed by atoms with E-state index in [0.29, 0.717) is 16.2 Å². The molecule has 0 saturated heterocycles. The summed E-state index contributed by atoms with van der Waals surface area (Å²) in [5.74, 6) is -0.0540. The number of hydrogen-bond donors (Lipinski definition) is 2. The number of thioether (sulfide) groups is 2. The summed E-state index contributed by atoms with van der Waals surface area (Å²) in [7, 11) is 0. The molecule has 30 heavy (non-hydrogen) atoms. The van der Waals surface area contributed by atoms with Gasteiger partial charge in [-0.3, -0.25) is 9.59 Å². The quantitative estimate of drug-likeness (QED) is 0.345. The lowest BCUT2D eigenvalue weighted by Crippen LogP contribution is -2.16. The summed E-state index contributed by atoms with van der Waals surface area (Å²) in [4.78, 5) is 36.9. The van der Waals surface area contributed by atoms with Crippen LogP contribution in [0.25, 0.3) is 22.2 Å². The van der Waals surface area contributed by atoms with Crippen molar-refractivity contribution in [3.05, 3.63) is 77.1 Å². The fourth-order valence-corrected chi connectivity index (χ4v) is 4.04. The number of nitrogens with zero attached hydrogens (tertiary/aromatic N) is 2. The maximum Gasteiger partial charge on any atom is 0.261 e. The Morgan fingerprint density at radius 1 is 1.03 bits per heavy atom. The van der Waals surface area contributed by atoms with E-state index in [0.717, 1.165) is 21.8 Å². The molecule has 0 fully saturated rings. The van der Waals surface area contributed by atoms with E-state index in [9.17, 15) is 9.59 Å². The van der Waals surface area contributed by atoms with Crippen molar-refractivity contribution in [1.29, 1.82) is 0 Å². The number of nitrogens with one attached hydrogen (secondary N) is 2. The molecule has 4 aromatic rings. The van der Waals surface area contributed by atoms with Gasteiger partial charge in [-0.15, -0.1) is 11.8 Å². The Kier molecular flexibility index (Phi) is 6.15. The Bertz CT molecular complexity index is 1240. The molecule has 0 spiro atoms. The number of rotatable bonds is 6. The van der Waals surface area contributed by atoms with Gasteiger partial charge < -0.3 is 10.3 Å². The van der Waals surface area contributed by atoms with E-state index in [1.165, 1.54) is 23.5 Å². The van der Waals surface area contributed by atoms with E-state index in [-0.39, 0.29) is 17.2 Å². The number of carbonyl (C=O) groups is 1. The zero-order chi connectivity index (χ0) is 20.9. The molecule has 0 atom stereocenters. The largest absolute Gasteiger partial charge is 0.325 e. The Labute approximate surface area is 181 Å². The van der Waals surface area contributed by atoms with Crippen molar-refractivity contribution in [2.45, 2.75) is 10.2 Å². The van der Waals surface area contributed by atoms with Gasteiger partial charge in [0.2, 0.25) is 5.91 Å². The molecule has 4 rings (SSSR count). The van der Waals surface area contributed by atoms with E-state index in [1.807, 2.05) is 73.0 Å². The molecule has 2 N–H and O–H groups in total. The minimum Gasteiger partial charge on any atom is -0.325 e. The van der Waals surface area contributed by atoms with Crippen LogP contribution in [0.2, 0.25) is 0 Å². The van der Waals surface area contributed by atoms with Crippen molar-refractivity contribution in [3.8, 4) is 11.1 Å². The molecule has 2 aromatic heterocycles. The van der Waals surface area contributed by atoms with Crippen molar-refractivity contribution in [2.24, 2.45) is 0 Å². The van der Waals surface area contributed by atoms with E-state index < -0.39 is 0 Å². The number of fused-ring (bicyclic) bond motifs is 1. The highest BCUT2D eigenvalue weighted by Gasteiger charge is 2.15. The van der Waals surface area contributed by atoms with Crippen LogP contribution >= 0.6 is 23.5 Å². The van der Waals surface area contributed by atoms with E-state index in [4.69, 9.17) is 0 Å². The SMILES string of the molecule is CSc1cc(-c2ccccc2)c2c(=O)[nH]c(SCC(=O)Nc3ccccc3)nc2n1. The Hall–Kier alpha value is -3.10. The molecular weight excluding hydrogens is 416 g/mol. The lowest BCUT2D eigenvalue weighted by atomic mass is 10.0. The Balaban J connectivity index is 1.63. The van der Waals surface area contributed by atoms with Crippen LogP contribution in [0.4, 0.5) is 5.69 Å². The van der Waals surface area contributed by atoms with Gasteiger partial charge in [-0.05, 0) is 30.0 Å². The van der Waals surface area contributed by atoms with Crippen molar-refractivity contribution in [3.63, 3.8) is 0 Å². The third kappa shape index (κ3) is 4.55. The standard InChI is InChI=1S/C22H18N4O2S2/c1-29-18-12-16(14-8-4-2-5-9-14)19-20(24-18)25-22(26-21(19)28)30-13-17(27)23-15-10-6-3-7-11-15/h2-12H,13H2,1H3,(H,23,27)(H,24,25,26,28). The summed E-state index contributed by atoms with van der Waals surface area (Å²) < 4.78 is 0. The zero-order valence-corrected chi connectivity index (χ0v) is 17.7. The minimum atomic E-state index is -0.273. The molecule has 8 heteroatoms. The monoisotopic (exact) mass is 434 g/mol. The van der Waals surface area contributed by atoms with Crippen LogP contribution < -0.4 is 10.9 Å². The van der Waals surface area contributed by atoms with Crippen LogP contribution in [0.15, 0.2) is 81.7 Å². The van der Waals surface area contributed by atoms with Gasteiger partial charge in [0, 0.05) is 11.3 Å². The number of para-hydroxylation sites is 1. The number of H-pyrrole nitrogens is 1. The average molecular weight is 435 g/mol. The first-order chi connectivity index (χ1) is 14.6. The van der Waals surface area contributed by atoms with Crippen LogP contribution in [-0.2, 0) is 4.79 Å². The van der Waals surface area contributed by atoms with Crippen LogP contribution in [0.1, 0.15) is 0 Å². The second kappa shape index (κ2) is 9.15. The summed E-state index contributed by atoms with van der Waals surface area (Å²) in [5.41, 5.74) is 2.54. The van der Waals surface area contributed by atoms with E-state index in [2.05, 4.69) is 20.3 Å². The smallest absolute Gasteiger partial charge is 0.261 e. The van der Waals surface area contributed by atoms with Crippen molar-refractivity contribution < 1.29 is 4.79 Å². The summed E-state index contributed by atoms with van der Waals surface area (Å²) in [6.07, 6.45) is 1.93. The molecular formula is C22H18N4O2S2. The van der Waals surface area contributed by atoms with Crippen molar-refractivity contribution in [2.75, 3.05) is 17.3 Å². The summed E-state index contributed by atoms with van der Waals surface area (Å²) in [6.45, 7) is 0. The number of carbonyl (C=O) groups excluding carboxylic acids is 1. The number of amides is 1. The van der Waals surface area contributed by atoms with E-state index >= 15 is 0 Å². The van der Waals surface area contributed by atoms with Gasteiger partial charge >= 0.3 is 0 Å². The number of aromatic nitrogens is 3. The highest BCUT2D eigenvalue weighted by molar-refractivity contribution is 7.99. The van der Waals surface area contributed by atoms with Gasteiger partial charge in [0.1, 0.15) is 0 Å². The first kappa shape index (κ1) is 20.2. The molecule has 6 nitrogen and oxygen atoms in total. The molecule has 0 bridgehead atoms. The minimum absolute atomic E-state index is 0.122. The fraction of sp³-hybridized carbons (Fsp3) is 0.0909. The third-order valence-corrected chi connectivity index (χ3v) is 5.82. The second-order valence-electron chi connectivity index (χ2n) is 6.35. The number of pyridine rings is 1. The normalized spacial score (nSPS) is 10.8. The van der Waals surface area contributed by atoms with Gasteiger partial charge in [-0.1, -0.05) is 60.3 Å². The number of hydrogen-bond acceptors (Lipinski definition) is 6. The molecule has 150 valence electrons. The summed E-state index contributed by atoms with van der Waals surface area (Å²) in [6, 6.07) is 20.8. The van der Waals surface area contributed by atoms with Crippen LogP contribution in [0.3, 0.4) is 0 Å². The first-order valence-electron chi connectivity index (χ1n) is 9.16. The van der Waals surface area contributed by atoms with Gasteiger partial charge in [0.15, 0.2) is 10.8 Å². The maximum atomic E-state index is 12.9. The zero-order valence-electron chi connectivity index (χ0n) is 16.1. The lowest BCUT2D eigenvalue weighted by Gasteiger charge is -2.09. The van der Waals surface area contributed by atoms with Crippen LogP contribution in [0, 0.1) is 0 Å². The summed E-state index contributed by atoms with van der Waals surface area (Å²) >= 11 is 2.66. The van der Waals surface area contributed by atoms with Gasteiger partial charge in [0.05, 0.1) is 16.2 Å². The molecule has 2 heterocycles. The fourth-order valence-electron chi connectivity index (χ4n) is 2.97. The Morgan fingerprint density at radius 2 is 1.73 bits per heavy atom. The first-order valence-corrected chi connectivity index (χ1v) is 11.4. The summed E-state index contributed by atoms with van der Waals surface area (Å²) in [5, 5.41) is 4.39. The predicted molar refractivity (Wildman–Crippen MR) is 123 cm³/mol. The molecule has 0 aliphatic carbocycles. The highest BCUT2D eigenvalue weighted by Crippen LogP contribution is 2.29. The van der Waals surface area contributed by atoms with Gasteiger partial charge in [-0.2, -0.15) is 0 Å². The molecule has 0 radical (unpaired) electrons. The highest BCUT2D eigenvalue weighted by atomic mass is 32.2. The second-order valence-corrected chi connectivity index (χ2v) is 8.14. The Morgan fingerprint density at radius 3 is 2.43 bits per heavy atom. The van der Waals surface area contributed by atoms with Crippen LogP contribution in [0.5, 0.6) is 0 Å². The third-order valence-electron chi connectivity index (χ3n) is 4.32. The molecule has 0 unspecified atom stereocenters. The molecule has 2 aromatic carbocycles. The average Bonchev–Trinajstić information content (AvgIpc) is 2.78. The molecule has 0 aliphatic rings. The predicted octanol–water partition coefficient (Wildman–Crippen LogP) is 4.44. The molecule has 0 aliphatic heterocycles. The van der Waals surface area contributed by atoms with Gasteiger partial charge in [-0.25, -0.2) is 9.97 Å². The number of benzene rings is 2. The molecule has 0 saturated carbocycles. The maximum absolute atomic E-state index is 12.9. The van der Waals surface area contributed by atoms with Crippen molar-refractivity contribution >= 4 is 46.2 Å². The van der Waals surface area contributed by atoms with E-state index in [1.54, 1.807) is 0 Å². The van der Waals surface area contributed by atoms with Crippen LogP contribution in [-0.4, -0.2) is 32.9 Å².